The molecule has 0 aromatic heterocycles. The quantitative estimate of drug-likeness (QED) is 0.743. The van der Waals surface area contributed by atoms with Crippen LogP contribution in [-0.2, 0) is 19.6 Å². The topological polar surface area (TPSA) is 86.8 Å². The molecule has 0 spiro atoms. The highest BCUT2D eigenvalue weighted by Gasteiger charge is 2.41. The number of hydrogen-bond acceptors (Lipinski definition) is 4. The Morgan fingerprint density at radius 1 is 1.10 bits per heavy atom. The Morgan fingerprint density at radius 3 is 2.43 bits per heavy atom. The van der Waals surface area contributed by atoms with Gasteiger partial charge >= 0.3 is 0 Å². The van der Waals surface area contributed by atoms with Crippen molar-refractivity contribution in [3.8, 4) is 0 Å². The molecule has 1 atom stereocenters. The van der Waals surface area contributed by atoms with Gasteiger partial charge in [0.2, 0.25) is 21.8 Å². The molecular formula is C22H31N3O4S. The van der Waals surface area contributed by atoms with Crippen molar-refractivity contribution in [3.63, 3.8) is 0 Å². The number of benzene rings is 1. The van der Waals surface area contributed by atoms with Crippen molar-refractivity contribution >= 4 is 27.5 Å². The summed E-state index contributed by atoms with van der Waals surface area (Å²) in [4.78, 5) is 26.8. The molecule has 4 rings (SSSR count). The van der Waals surface area contributed by atoms with Gasteiger partial charge < -0.3 is 10.2 Å². The average molecular weight is 434 g/mol. The molecule has 0 unspecified atom stereocenters. The zero-order valence-electron chi connectivity index (χ0n) is 17.8. The fourth-order valence-electron chi connectivity index (χ4n) is 4.36. The molecule has 1 aliphatic carbocycles. The van der Waals surface area contributed by atoms with E-state index < -0.39 is 10.0 Å². The van der Waals surface area contributed by atoms with Gasteiger partial charge in [-0.3, -0.25) is 9.59 Å². The van der Waals surface area contributed by atoms with Gasteiger partial charge in [0.05, 0.1) is 11.2 Å². The number of carbonyl (C=O) groups excluding carboxylic acids is 2. The number of amides is 2. The van der Waals surface area contributed by atoms with Crippen LogP contribution in [0.15, 0.2) is 18.2 Å². The first kappa shape index (κ1) is 21.3. The summed E-state index contributed by atoms with van der Waals surface area (Å²) in [6.45, 7) is 6.09. The number of sulfonamides is 1. The maximum atomic E-state index is 12.7. The molecule has 3 fully saturated rings. The molecule has 1 aromatic carbocycles. The largest absolute Gasteiger partial charge is 0.356 e. The maximum absolute atomic E-state index is 12.7. The third kappa shape index (κ3) is 4.39. The molecule has 2 heterocycles. The lowest BCUT2D eigenvalue weighted by Crippen LogP contribution is -2.43. The summed E-state index contributed by atoms with van der Waals surface area (Å²) in [5, 5.41) is 2.85. The van der Waals surface area contributed by atoms with Crippen LogP contribution < -0.4 is 10.2 Å². The van der Waals surface area contributed by atoms with Crippen molar-refractivity contribution in [1.29, 1.82) is 0 Å². The van der Waals surface area contributed by atoms with Gasteiger partial charge in [-0.25, -0.2) is 12.7 Å². The van der Waals surface area contributed by atoms with Crippen molar-refractivity contribution in [3.05, 3.63) is 29.3 Å². The van der Waals surface area contributed by atoms with Gasteiger partial charge in [-0.15, -0.1) is 0 Å². The van der Waals surface area contributed by atoms with Gasteiger partial charge in [0.1, 0.15) is 0 Å². The predicted molar refractivity (Wildman–Crippen MR) is 116 cm³/mol. The minimum atomic E-state index is -3.10. The summed E-state index contributed by atoms with van der Waals surface area (Å²) in [5.74, 6) is -0.151. The first-order chi connectivity index (χ1) is 14.3. The molecule has 3 aliphatic rings. The molecule has 2 aliphatic heterocycles. The van der Waals surface area contributed by atoms with Gasteiger partial charge in [0.15, 0.2) is 0 Å². The van der Waals surface area contributed by atoms with Crippen molar-refractivity contribution < 1.29 is 18.0 Å². The number of rotatable bonds is 6. The summed E-state index contributed by atoms with van der Waals surface area (Å²) >= 11 is 0. The van der Waals surface area contributed by atoms with Crippen LogP contribution >= 0.6 is 0 Å². The van der Waals surface area contributed by atoms with Gasteiger partial charge in [-0.05, 0) is 68.7 Å². The minimum Gasteiger partial charge on any atom is -0.356 e. The number of aryl methyl sites for hydroxylation is 2. The van der Waals surface area contributed by atoms with E-state index in [1.54, 1.807) is 9.21 Å². The number of carbonyl (C=O) groups is 2. The molecule has 1 N–H and O–H groups in total. The third-order valence-electron chi connectivity index (χ3n) is 6.74. The van der Waals surface area contributed by atoms with Crippen LogP contribution in [0.1, 0.15) is 43.2 Å². The van der Waals surface area contributed by atoms with E-state index in [9.17, 15) is 18.0 Å². The number of anilines is 1. The molecule has 0 bridgehead atoms. The van der Waals surface area contributed by atoms with Crippen LogP contribution in [0.4, 0.5) is 5.69 Å². The fourth-order valence-corrected chi connectivity index (χ4v) is 6.23. The Kier molecular flexibility index (Phi) is 5.90. The zero-order chi connectivity index (χ0) is 21.5. The van der Waals surface area contributed by atoms with Crippen LogP contribution in [0, 0.1) is 25.7 Å². The number of hydrogen-bond donors (Lipinski definition) is 1. The summed E-state index contributed by atoms with van der Waals surface area (Å²) < 4.78 is 26.3. The van der Waals surface area contributed by atoms with Crippen LogP contribution in [0.25, 0.3) is 0 Å². The van der Waals surface area contributed by atoms with E-state index in [4.69, 9.17) is 0 Å². The van der Waals surface area contributed by atoms with Gasteiger partial charge in [0, 0.05) is 38.3 Å². The molecular weight excluding hydrogens is 402 g/mol. The van der Waals surface area contributed by atoms with Crippen LogP contribution in [0.5, 0.6) is 0 Å². The molecule has 0 radical (unpaired) electrons. The van der Waals surface area contributed by atoms with E-state index in [0.29, 0.717) is 26.2 Å². The lowest BCUT2D eigenvalue weighted by Gasteiger charge is -2.31. The molecule has 30 heavy (non-hydrogen) atoms. The van der Waals surface area contributed by atoms with Crippen molar-refractivity contribution in [2.24, 2.45) is 11.8 Å². The van der Waals surface area contributed by atoms with E-state index in [1.165, 1.54) is 5.56 Å². The second-order valence-electron chi connectivity index (χ2n) is 9.01. The lowest BCUT2D eigenvalue weighted by molar-refractivity contribution is -0.126. The third-order valence-corrected chi connectivity index (χ3v) is 9.14. The standard InChI is InChI=1S/C22H31N3O4S/c1-15-3-4-19(11-16(15)2)25-14-18(12-21(25)26)22(27)23-13-17-7-9-24(10-8-17)30(28,29)20-5-6-20/h3-4,11,17-18,20H,5-10,12-14H2,1-2H3,(H,23,27)/t18-/m1/s1. The highest BCUT2D eigenvalue weighted by molar-refractivity contribution is 7.90. The van der Waals surface area contributed by atoms with Crippen molar-refractivity contribution in [2.75, 3.05) is 31.1 Å². The molecule has 2 amide bonds. The van der Waals surface area contributed by atoms with E-state index in [-0.39, 0.29) is 35.3 Å². The predicted octanol–water partition coefficient (Wildman–Crippen LogP) is 1.98. The minimum absolute atomic E-state index is 0.0167. The first-order valence-electron chi connectivity index (χ1n) is 10.9. The van der Waals surface area contributed by atoms with Gasteiger partial charge in [-0.1, -0.05) is 6.07 Å². The monoisotopic (exact) mass is 433 g/mol. The normalized spacial score (nSPS) is 23.7. The van der Waals surface area contributed by atoms with E-state index in [2.05, 4.69) is 5.32 Å². The SMILES string of the molecule is Cc1ccc(N2C[C@H](C(=O)NCC3CCN(S(=O)(=O)C4CC4)CC3)CC2=O)cc1C. The smallest absolute Gasteiger partial charge is 0.227 e. The van der Waals surface area contributed by atoms with Crippen LogP contribution in [0.3, 0.4) is 0 Å². The maximum Gasteiger partial charge on any atom is 0.227 e. The molecule has 2 saturated heterocycles. The Balaban J connectivity index is 1.26. The Hall–Kier alpha value is -1.93. The van der Waals surface area contributed by atoms with Crippen molar-refractivity contribution in [1.82, 2.24) is 9.62 Å². The average Bonchev–Trinajstić information content (AvgIpc) is 3.52. The van der Waals surface area contributed by atoms with Gasteiger partial charge in [0.25, 0.3) is 0 Å². The molecule has 1 aromatic rings. The number of nitrogens with one attached hydrogen (secondary N) is 1. The van der Waals surface area contributed by atoms with Crippen LogP contribution in [0.2, 0.25) is 0 Å². The molecule has 7 nitrogen and oxygen atoms in total. The zero-order valence-corrected chi connectivity index (χ0v) is 18.6. The lowest BCUT2D eigenvalue weighted by atomic mass is 9.97. The van der Waals surface area contributed by atoms with Crippen molar-refractivity contribution in [2.45, 2.75) is 51.2 Å². The van der Waals surface area contributed by atoms with E-state index >= 15 is 0 Å². The van der Waals surface area contributed by atoms with E-state index in [0.717, 1.165) is 36.9 Å². The highest BCUT2D eigenvalue weighted by atomic mass is 32.2. The summed E-state index contributed by atoms with van der Waals surface area (Å²) in [7, 11) is -3.10. The second-order valence-corrected chi connectivity index (χ2v) is 11.2. The molecule has 164 valence electrons. The second kappa shape index (κ2) is 8.30. The number of nitrogens with zero attached hydrogens (tertiary/aromatic N) is 2. The van der Waals surface area contributed by atoms with Gasteiger partial charge in [-0.2, -0.15) is 0 Å². The summed E-state index contributed by atoms with van der Waals surface area (Å²) in [6, 6.07) is 5.93. The Labute approximate surface area is 178 Å². The fraction of sp³-hybridized carbons (Fsp3) is 0.636. The van der Waals surface area contributed by atoms with E-state index in [1.807, 2.05) is 32.0 Å². The molecule has 1 saturated carbocycles. The number of piperidine rings is 1. The van der Waals surface area contributed by atoms with Crippen LogP contribution in [-0.4, -0.2) is 56.0 Å². The Bertz CT molecular complexity index is 934. The first-order valence-corrected chi connectivity index (χ1v) is 12.4. The molecule has 8 heteroatoms. The highest BCUT2D eigenvalue weighted by Crippen LogP contribution is 2.33. The summed E-state index contributed by atoms with van der Waals surface area (Å²) in [5.41, 5.74) is 3.15. The summed E-state index contributed by atoms with van der Waals surface area (Å²) in [6.07, 6.45) is 3.35. The Morgan fingerprint density at radius 2 is 1.80 bits per heavy atom.